The molecule has 0 radical (unpaired) electrons. The zero-order valence-corrected chi connectivity index (χ0v) is 11.6. The fourth-order valence-electron chi connectivity index (χ4n) is 2.54. The number of hydrogen-bond donors (Lipinski definition) is 2. The average molecular weight is 260 g/mol. The van der Waals surface area contributed by atoms with Gasteiger partial charge in [0.15, 0.2) is 0 Å². The van der Waals surface area contributed by atoms with Gasteiger partial charge in [-0.05, 0) is 17.0 Å². The molecule has 0 aliphatic rings. The lowest BCUT2D eigenvalue weighted by Crippen LogP contribution is -2.31. The Kier molecular flexibility index (Phi) is 3.37. The van der Waals surface area contributed by atoms with E-state index in [1.807, 2.05) is 55.9 Å². The summed E-state index contributed by atoms with van der Waals surface area (Å²) in [6.07, 6.45) is 2.05. The molecular weight excluding hydrogens is 240 g/mol. The summed E-state index contributed by atoms with van der Waals surface area (Å²) in [7, 11) is 1.97. The second-order valence-electron chi connectivity index (χ2n) is 5.75. The maximum absolute atomic E-state index is 11.0. The van der Waals surface area contributed by atoms with Gasteiger partial charge in [-0.25, -0.2) is 0 Å². The van der Waals surface area contributed by atoms with E-state index in [-0.39, 0.29) is 12.5 Å². The van der Waals surface area contributed by atoms with Crippen LogP contribution in [0.4, 0.5) is 0 Å². The molecule has 2 rings (SSSR count). The fourth-order valence-corrected chi connectivity index (χ4v) is 2.54. The number of nitrogens with two attached hydrogens (primary N) is 1. The predicted octanol–water partition coefficient (Wildman–Crippen LogP) is 2.68. The first kappa shape index (κ1) is 13.6. The Morgan fingerprint density at radius 1 is 1.42 bits per heavy atom. The number of aryl methyl sites for hydroxylation is 1. The molecule has 0 saturated heterocycles. The van der Waals surface area contributed by atoms with Gasteiger partial charge in [0.25, 0.3) is 0 Å². The standard InChI is InChI=1S/C15H20N2O2/c1-15(2,8-13(18)19)14(16)11-9-17(3)12-7-5-4-6-10(11)12/h4-7,9,14H,8,16H2,1-3H3,(H,18,19). The molecule has 0 amide bonds. The van der Waals surface area contributed by atoms with E-state index in [4.69, 9.17) is 10.8 Å². The Labute approximate surface area is 112 Å². The van der Waals surface area contributed by atoms with Crippen molar-refractivity contribution in [1.29, 1.82) is 0 Å². The van der Waals surface area contributed by atoms with Crippen LogP contribution in [0.25, 0.3) is 10.9 Å². The van der Waals surface area contributed by atoms with Gasteiger partial charge in [0.2, 0.25) is 0 Å². The van der Waals surface area contributed by atoms with Crippen LogP contribution in [0.2, 0.25) is 0 Å². The number of fused-ring (bicyclic) bond motifs is 1. The minimum Gasteiger partial charge on any atom is -0.481 e. The van der Waals surface area contributed by atoms with E-state index in [0.29, 0.717) is 0 Å². The Morgan fingerprint density at radius 2 is 2.05 bits per heavy atom. The molecule has 4 nitrogen and oxygen atoms in total. The minimum atomic E-state index is -0.819. The molecule has 0 bridgehead atoms. The van der Waals surface area contributed by atoms with Crippen molar-refractivity contribution in [3.63, 3.8) is 0 Å². The molecule has 2 aromatic rings. The first-order valence-corrected chi connectivity index (χ1v) is 6.34. The van der Waals surface area contributed by atoms with Crippen LogP contribution < -0.4 is 5.73 Å². The molecule has 1 unspecified atom stereocenters. The molecule has 0 saturated carbocycles. The predicted molar refractivity (Wildman–Crippen MR) is 75.9 cm³/mol. The van der Waals surface area contributed by atoms with Crippen LogP contribution in [-0.4, -0.2) is 15.6 Å². The number of para-hydroxylation sites is 1. The van der Waals surface area contributed by atoms with Crippen molar-refractivity contribution in [3.8, 4) is 0 Å². The smallest absolute Gasteiger partial charge is 0.303 e. The Morgan fingerprint density at radius 3 is 2.68 bits per heavy atom. The maximum Gasteiger partial charge on any atom is 0.303 e. The first-order valence-electron chi connectivity index (χ1n) is 6.34. The number of rotatable bonds is 4. The van der Waals surface area contributed by atoms with Crippen molar-refractivity contribution >= 4 is 16.9 Å². The highest BCUT2D eigenvalue weighted by molar-refractivity contribution is 5.84. The van der Waals surface area contributed by atoms with Crippen molar-refractivity contribution < 1.29 is 9.90 Å². The molecule has 19 heavy (non-hydrogen) atoms. The highest BCUT2D eigenvalue weighted by atomic mass is 16.4. The van der Waals surface area contributed by atoms with E-state index in [1.165, 1.54) is 0 Å². The molecule has 102 valence electrons. The topological polar surface area (TPSA) is 68.2 Å². The summed E-state index contributed by atoms with van der Waals surface area (Å²) in [5.41, 5.74) is 7.95. The second-order valence-corrected chi connectivity index (χ2v) is 5.75. The third-order valence-corrected chi connectivity index (χ3v) is 3.71. The number of aliphatic carboxylic acids is 1. The van der Waals surface area contributed by atoms with Crippen LogP contribution in [0.5, 0.6) is 0 Å². The third kappa shape index (κ3) is 2.49. The molecule has 1 heterocycles. The Balaban J connectivity index is 2.47. The molecule has 3 N–H and O–H groups in total. The lowest BCUT2D eigenvalue weighted by molar-refractivity contribution is -0.139. The lowest BCUT2D eigenvalue weighted by atomic mass is 9.78. The molecule has 1 aromatic carbocycles. The van der Waals surface area contributed by atoms with Gasteiger partial charge in [-0.3, -0.25) is 4.79 Å². The lowest BCUT2D eigenvalue weighted by Gasteiger charge is -2.30. The van der Waals surface area contributed by atoms with Crippen molar-refractivity contribution in [2.45, 2.75) is 26.3 Å². The molecule has 0 aliphatic heterocycles. The number of carboxylic acids is 1. The van der Waals surface area contributed by atoms with Crippen LogP contribution in [-0.2, 0) is 11.8 Å². The summed E-state index contributed by atoms with van der Waals surface area (Å²) in [5, 5.41) is 10.1. The van der Waals surface area contributed by atoms with Gasteiger partial charge in [-0.15, -0.1) is 0 Å². The molecular formula is C15H20N2O2. The maximum atomic E-state index is 11.0. The van der Waals surface area contributed by atoms with Crippen LogP contribution in [0.3, 0.4) is 0 Å². The summed E-state index contributed by atoms with van der Waals surface area (Å²) in [6.45, 7) is 3.79. The van der Waals surface area contributed by atoms with Crippen molar-refractivity contribution in [1.82, 2.24) is 4.57 Å². The Bertz CT molecular complexity index is 614. The summed E-state index contributed by atoms with van der Waals surface area (Å²) < 4.78 is 2.03. The molecule has 1 aromatic heterocycles. The van der Waals surface area contributed by atoms with Gasteiger partial charge >= 0.3 is 5.97 Å². The minimum absolute atomic E-state index is 0.0530. The monoisotopic (exact) mass is 260 g/mol. The van der Waals surface area contributed by atoms with Crippen LogP contribution in [0.15, 0.2) is 30.5 Å². The number of hydrogen-bond acceptors (Lipinski definition) is 2. The summed E-state index contributed by atoms with van der Waals surface area (Å²) in [6, 6.07) is 7.72. The van der Waals surface area contributed by atoms with Crippen molar-refractivity contribution in [3.05, 3.63) is 36.0 Å². The summed E-state index contributed by atoms with van der Waals surface area (Å²) >= 11 is 0. The molecule has 0 spiro atoms. The van der Waals surface area contributed by atoms with Gasteiger partial charge in [0.05, 0.1) is 6.42 Å². The van der Waals surface area contributed by atoms with E-state index in [2.05, 4.69) is 0 Å². The van der Waals surface area contributed by atoms with Crippen LogP contribution >= 0.6 is 0 Å². The average Bonchev–Trinajstić information content (AvgIpc) is 2.65. The quantitative estimate of drug-likeness (QED) is 0.888. The molecule has 4 heteroatoms. The van der Waals surface area contributed by atoms with Crippen molar-refractivity contribution in [2.75, 3.05) is 0 Å². The van der Waals surface area contributed by atoms with Crippen LogP contribution in [0.1, 0.15) is 31.9 Å². The van der Waals surface area contributed by atoms with Gasteiger partial charge < -0.3 is 15.4 Å². The van der Waals surface area contributed by atoms with Gasteiger partial charge in [-0.1, -0.05) is 32.0 Å². The fraction of sp³-hybridized carbons (Fsp3) is 0.400. The number of nitrogens with zero attached hydrogens (tertiary/aromatic N) is 1. The zero-order chi connectivity index (χ0) is 14.2. The molecule has 1 atom stereocenters. The van der Waals surface area contributed by atoms with E-state index < -0.39 is 11.4 Å². The second kappa shape index (κ2) is 4.70. The largest absolute Gasteiger partial charge is 0.481 e. The molecule has 0 aliphatic carbocycles. The normalized spacial score (nSPS) is 13.7. The number of benzene rings is 1. The van der Waals surface area contributed by atoms with Gasteiger partial charge in [0.1, 0.15) is 0 Å². The van der Waals surface area contributed by atoms with Gasteiger partial charge in [-0.2, -0.15) is 0 Å². The Hall–Kier alpha value is -1.81. The SMILES string of the molecule is Cn1cc(C(N)C(C)(C)CC(=O)O)c2ccccc21. The first-order chi connectivity index (χ1) is 8.83. The molecule has 0 fully saturated rings. The third-order valence-electron chi connectivity index (χ3n) is 3.71. The van der Waals surface area contributed by atoms with E-state index in [1.54, 1.807) is 0 Å². The highest BCUT2D eigenvalue weighted by Gasteiger charge is 2.32. The van der Waals surface area contributed by atoms with Gasteiger partial charge in [0, 0.05) is 30.2 Å². The van der Waals surface area contributed by atoms with E-state index >= 15 is 0 Å². The highest BCUT2D eigenvalue weighted by Crippen LogP contribution is 2.38. The number of aromatic nitrogens is 1. The summed E-state index contributed by atoms with van der Waals surface area (Å²) in [4.78, 5) is 11.0. The zero-order valence-electron chi connectivity index (χ0n) is 11.6. The van der Waals surface area contributed by atoms with E-state index in [0.717, 1.165) is 16.5 Å². The number of carbonyl (C=O) groups is 1. The van der Waals surface area contributed by atoms with Crippen molar-refractivity contribution in [2.24, 2.45) is 18.2 Å². The van der Waals surface area contributed by atoms with E-state index in [9.17, 15) is 4.79 Å². The van der Waals surface area contributed by atoms with Crippen LogP contribution in [0, 0.1) is 5.41 Å². The number of carboxylic acid groups (broad SMARTS) is 1. The summed E-state index contributed by atoms with van der Waals surface area (Å²) in [5.74, 6) is -0.819.